The van der Waals surface area contributed by atoms with E-state index in [1.165, 1.54) is 37.1 Å². The third-order valence-corrected chi connectivity index (χ3v) is 4.62. The molecule has 0 amide bonds. The maximum absolute atomic E-state index is 11.3. The second-order valence-corrected chi connectivity index (χ2v) is 6.97. The number of aliphatic hydroxyl groups excluding tert-OH is 3. The van der Waals surface area contributed by atoms with E-state index in [4.69, 9.17) is 14.0 Å². The summed E-state index contributed by atoms with van der Waals surface area (Å²) in [5.74, 6) is 0.0647. The molecule has 0 spiro atoms. The molecule has 3 heterocycles. The van der Waals surface area contributed by atoms with E-state index < -0.39 is 40.2 Å². The van der Waals surface area contributed by atoms with Gasteiger partial charge in [0.25, 0.3) is 10.1 Å². The van der Waals surface area contributed by atoms with Gasteiger partial charge in [-0.05, 0) is 6.07 Å². The Balaban J connectivity index is 1.84. The van der Waals surface area contributed by atoms with Gasteiger partial charge in [0.1, 0.15) is 24.1 Å². The summed E-state index contributed by atoms with van der Waals surface area (Å²) in [7, 11) is -4.86. The summed E-state index contributed by atoms with van der Waals surface area (Å²) in [6.07, 6.45) is -0.231. The van der Waals surface area contributed by atoms with E-state index in [2.05, 4.69) is 15.0 Å². The number of rotatable bonds is 4. The van der Waals surface area contributed by atoms with Crippen molar-refractivity contribution in [2.24, 2.45) is 0 Å². The van der Waals surface area contributed by atoms with Crippen LogP contribution in [-0.4, -0.2) is 73.3 Å². The molecule has 0 radical (unpaired) electrons. The van der Waals surface area contributed by atoms with Crippen LogP contribution in [0.2, 0.25) is 0 Å². The van der Waals surface area contributed by atoms with Gasteiger partial charge in [-0.1, -0.05) is 0 Å². The van der Waals surface area contributed by atoms with Crippen LogP contribution in [0.4, 0.5) is 0 Å². The van der Waals surface area contributed by atoms with E-state index in [0.29, 0.717) is 11.3 Å². The molecule has 4 N–H and O–H groups in total. The van der Waals surface area contributed by atoms with Crippen molar-refractivity contribution in [1.82, 2.24) is 15.0 Å². The largest absolute Gasteiger partial charge is 0.460 e. The Bertz CT molecular complexity index is 866. The van der Waals surface area contributed by atoms with Crippen LogP contribution < -0.4 is 4.74 Å². The SMILES string of the molecule is O=S(=O)(O)C1O[C@@H](Oc2cncc(-c3cnccn3)c2)[C@H](O)[C@@H](O)[C@@H]1O. The number of hydrogen-bond donors (Lipinski definition) is 4. The van der Waals surface area contributed by atoms with Gasteiger partial charge in [0, 0.05) is 24.2 Å². The van der Waals surface area contributed by atoms with Crippen molar-refractivity contribution >= 4 is 10.1 Å². The van der Waals surface area contributed by atoms with Crippen LogP contribution in [0.15, 0.2) is 37.1 Å². The van der Waals surface area contributed by atoms with Crippen molar-refractivity contribution in [3.63, 3.8) is 0 Å². The van der Waals surface area contributed by atoms with Gasteiger partial charge in [-0.3, -0.25) is 19.5 Å². The zero-order chi connectivity index (χ0) is 18.9. The van der Waals surface area contributed by atoms with Crippen molar-refractivity contribution in [1.29, 1.82) is 0 Å². The summed E-state index contributed by atoms with van der Waals surface area (Å²) >= 11 is 0. The summed E-state index contributed by atoms with van der Waals surface area (Å²) in [4.78, 5) is 12.0. The van der Waals surface area contributed by atoms with E-state index in [1.807, 2.05) is 0 Å². The van der Waals surface area contributed by atoms with E-state index in [0.717, 1.165) is 0 Å². The zero-order valence-electron chi connectivity index (χ0n) is 13.0. The summed E-state index contributed by atoms with van der Waals surface area (Å²) in [6, 6.07) is 1.48. The molecule has 0 aromatic carbocycles. The molecule has 140 valence electrons. The van der Waals surface area contributed by atoms with Gasteiger partial charge in [0.15, 0.2) is 0 Å². The Morgan fingerprint density at radius 2 is 1.77 bits per heavy atom. The fourth-order valence-electron chi connectivity index (χ4n) is 2.37. The van der Waals surface area contributed by atoms with Crippen LogP contribution in [0.5, 0.6) is 5.75 Å². The molecular formula is C14H15N3O8S. The average molecular weight is 385 g/mol. The van der Waals surface area contributed by atoms with Gasteiger partial charge in [0.05, 0.1) is 18.1 Å². The Morgan fingerprint density at radius 1 is 1.00 bits per heavy atom. The molecule has 2 aromatic heterocycles. The van der Waals surface area contributed by atoms with Gasteiger partial charge < -0.3 is 24.8 Å². The number of nitrogens with zero attached hydrogens (tertiary/aromatic N) is 3. The monoisotopic (exact) mass is 385 g/mol. The number of hydrogen-bond acceptors (Lipinski definition) is 10. The first-order valence-electron chi connectivity index (χ1n) is 7.31. The van der Waals surface area contributed by atoms with Crippen molar-refractivity contribution in [3.05, 3.63) is 37.1 Å². The van der Waals surface area contributed by atoms with E-state index in [9.17, 15) is 23.7 Å². The minimum atomic E-state index is -4.86. The van der Waals surface area contributed by atoms with Crippen molar-refractivity contribution < 1.29 is 37.8 Å². The minimum Gasteiger partial charge on any atom is -0.460 e. The Kier molecular flexibility index (Phi) is 5.13. The molecule has 1 aliphatic heterocycles. The van der Waals surface area contributed by atoms with Crippen molar-refractivity contribution in [3.8, 4) is 17.0 Å². The summed E-state index contributed by atoms with van der Waals surface area (Å²) < 4.78 is 41.9. The Hall–Kier alpha value is -2.22. The smallest absolute Gasteiger partial charge is 0.295 e. The predicted octanol–water partition coefficient (Wildman–Crippen LogP) is -1.43. The molecule has 1 saturated heterocycles. The molecular weight excluding hydrogens is 370 g/mol. The van der Waals surface area contributed by atoms with Gasteiger partial charge in [-0.15, -0.1) is 0 Å². The van der Waals surface area contributed by atoms with E-state index >= 15 is 0 Å². The lowest BCUT2D eigenvalue weighted by Crippen LogP contribution is -2.61. The first kappa shape index (κ1) is 18.6. The number of aliphatic hydroxyl groups is 3. The fourth-order valence-corrected chi connectivity index (χ4v) is 3.13. The highest BCUT2D eigenvalue weighted by molar-refractivity contribution is 7.86. The topological polar surface area (TPSA) is 172 Å². The minimum absolute atomic E-state index is 0.0647. The normalized spacial score (nSPS) is 29.3. The number of pyridine rings is 1. The van der Waals surface area contributed by atoms with E-state index in [1.54, 1.807) is 0 Å². The summed E-state index contributed by atoms with van der Waals surface area (Å²) in [5.41, 5.74) is -1.17. The maximum Gasteiger partial charge on any atom is 0.295 e. The van der Waals surface area contributed by atoms with Crippen molar-refractivity contribution in [2.45, 2.75) is 30.0 Å². The third kappa shape index (κ3) is 3.80. The lowest BCUT2D eigenvalue weighted by atomic mass is 10.1. The second-order valence-electron chi connectivity index (χ2n) is 5.48. The second kappa shape index (κ2) is 7.19. The molecule has 11 nitrogen and oxygen atoms in total. The highest BCUT2D eigenvalue weighted by Gasteiger charge is 2.50. The molecule has 1 unspecified atom stereocenters. The highest BCUT2D eigenvalue weighted by atomic mass is 32.2. The molecule has 5 atom stereocenters. The Morgan fingerprint density at radius 3 is 2.42 bits per heavy atom. The zero-order valence-corrected chi connectivity index (χ0v) is 13.8. The lowest BCUT2D eigenvalue weighted by Gasteiger charge is -2.38. The van der Waals surface area contributed by atoms with Crippen molar-refractivity contribution in [2.75, 3.05) is 0 Å². The van der Waals surface area contributed by atoms with E-state index in [-0.39, 0.29) is 5.75 Å². The number of aromatic nitrogens is 3. The van der Waals surface area contributed by atoms with Crippen LogP contribution in [0, 0.1) is 0 Å². The fraction of sp³-hybridized carbons (Fsp3) is 0.357. The molecule has 0 aliphatic carbocycles. The molecule has 12 heteroatoms. The molecule has 0 saturated carbocycles. The average Bonchev–Trinajstić information content (AvgIpc) is 2.62. The van der Waals surface area contributed by atoms with Crippen LogP contribution in [0.1, 0.15) is 0 Å². The molecule has 1 aliphatic rings. The number of ether oxygens (including phenoxy) is 2. The standard InChI is InChI=1S/C14H15N3O8S/c18-10-11(19)13(25-14(12(10)20)26(21,22)23)24-8-3-7(4-16-5-8)9-6-15-1-2-17-9/h1-6,10-14,18-20H,(H,21,22,23)/t10-,11-,12+,13-,14?/m1/s1. The third-order valence-electron chi connectivity index (χ3n) is 3.64. The van der Waals surface area contributed by atoms with Gasteiger partial charge >= 0.3 is 0 Å². The Labute approximate surface area is 147 Å². The molecule has 0 bridgehead atoms. The van der Waals surface area contributed by atoms with Gasteiger partial charge in [0.2, 0.25) is 11.7 Å². The molecule has 3 rings (SSSR count). The maximum atomic E-state index is 11.3. The molecule has 26 heavy (non-hydrogen) atoms. The first-order chi connectivity index (χ1) is 12.3. The molecule has 1 fully saturated rings. The van der Waals surface area contributed by atoms with Crippen LogP contribution in [0.3, 0.4) is 0 Å². The quantitative estimate of drug-likeness (QED) is 0.455. The highest BCUT2D eigenvalue weighted by Crippen LogP contribution is 2.27. The predicted molar refractivity (Wildman–Crippen MR) is 84.1 cm³/mol. The van der Waals surface area contributed by atoms with Crippen LogP contribution in [0.25, 0.3) is 11.3 Å². The lowest BCUT2D eigenvalue weighted by molar-refractivity contribution is -0.254. The van der Waals surface area contributed by atoms with Gasteiger partial charge in [-0.25, -0.2) is 0 Å². The molecule has 2 aromatic rings. The van der Waals surface area contributed by atoms with Crippen LogP contribution >= 0.6 is 0 Å². The first-order valence-corrected chi connectivity index (χ1v) is 8.82. The van der Waals surface area contributed by atoms with Gasteiger partial charge in [-0.2, -0.15) is 8.42 Å². The van der Waals surface area contributed by atoms with Crippen LogP contribution in [-0.2, 0) is 14.9 Å². The summed E-state index contributed by atoms with van der Waals surface area (Å²) in [6.45, 7) is 0. The summed E-state index contributed by atoms with van der Waals surface area (Å²) in [5, 5.41) is 29.4.